The third-order valence-corrected chi connectivity index (χ3v) is 3.28. The van der Waals surface area contributed by atoms with E-state index in [2.05, 4.69) is 10.6 Å². The summed E-state index contributed by atoms with van der Waals surface area (Å²) in [5.74, 6) is -0.369. The second-order valence-electron chi connectivity index (χ2n) is 4.27. The highest BCUT2D eigenvalue weighted by Crippen LogP contribution is 2.20. The third-order valence-electron chi connectivity index (χ3n) is 2.79. The number of carbonyl (C=O) groups excluding carboxylic acids is 2. The van der Waals surface area contributed by atoms with Crippen LogP contribution in [-0.2, 0) is 9.59 Å². The highest BCUT2D eigenvalue weighted by molar-refractivity contribution is 6.31. The average Bonchev–Trinajstić information content (AvgIpc) is 2.46. The number of halogens is 2. The Balaban J connectivity index is 2.19. The number of anilines is 1. The first-order valence-corrected chi connectivity index (χ1v) is 6.87. The van der Waals surface area contributed by atoms with Gasteiger partial charge in [0.05, 0.1) is 0 Å². The zero-order valence-electron chi connectivity index (χ0n) is 10.8. The largest absolute Gasteiger partial charge is 0.343 e. The van der Waals surface area contributed by atoms with E-state index in [1.807, 2.05) is 0 Å². The van der Waals surface area contributed by atoms with Gasteiger partial charge in [-0.2, -0.15) is 0 Å². The van der Waals surface area contributed by atoms with Crippen molar-refractivity contribution in [3.63, 3.8) is 0 Å². The zero-order valence-corrected chi connectivity index (χ0v) is 12.4. The summed E-state index contributed by atoms with van der Waals surface area (Å²) in [6.07, 6.45) is 0.483. The fourth-order valence-corrected chi connectivity index (χ4v) is 2.14. The molecule has 0 saturated carbocycles. The molecule has 0 saturated heterocycles. The minimum Gasteiger partial charge on any atom is -0.343 e. The van der Waals surface area contributed by atoms with Gasteiger partial charge in [0, 0.05) is 15.7 Å². The van der Waals surface area contributed by atoms with Gasteiger partial charge in [-0.15, -0.1) is 0 Å². The maximum Gasteiger partial charge on any atom is 0.251 e. The fourth-order valence-electron chi connectivity index (χ4n) is 1.83. The van der Waals surface area contributed by atoms with Crippen LogP contribution in [0.15, 0.2) is 48.5 Å². The van der Waals surface area contributed by atoms with E-state index in [1.165, 1.54) is 0 Å². The quantitative estimate of drug-likeness (QED) is 0.829. The predicted octanol–water partition coefficient (Wildman–Crippen LogP) is 3.42. The second kappa shape index (κ2) is 7.11. The first-order valence-electron chi connectivity index (χ1n) is 6.12. The van der Waals surface area contributed by atoms with E-state index in [4.69, 9.17) is 23.2 Å². The molecule has 4 nitrogen and oxygen atoms in total. The van der Waals surface area contributed by atoms with Crippen molar-refractivity contribution in [1.82, 2.24) is 5.32 Å². The van der Waals surface area contributed by atoms with Gasteiger partial charge in [-0.05, 0) is 35.9 Å². The van der Waals surface area contributed by atoms with Crippen LogP contribution in [0.3, 0.4) is 0 Å². The third kappa shape index (κ3) is 4.21. The van der Waals surface area contributed by atoms with Crippen molar-refractivity contribution in [2.45, 2.75) is 6.04 Å². The molecule has 0 unspecified atom stereocenters. The van der Waals surface area contributed by atoms with Gasteiger partial charge < -0.3 is 10.6 Å². The molecule has 108 valence electrons. The molecule has 2 rings (SSSR count). The Morgan fingerprint density at radius 1 is 1.05 bits per heavy atom. The smallest absolute Gasteiger partial charge is 0.251 e. The molecule has 0 spiro atoms. The molecule has 1 atom stereocenters. The van der Waals surface area contributed by atoms with E-state index in [0.29, 0.717) is 27.7 Å². The summed E-state index contributed by atoms with van der Waals surface area (Å²) >= 11 is 11.7. The van der Waals surface area contributed by atoms with Crippen molar-refractivity contribution in [3.05, 3.63) is 64.1 Å². The monoisotopic (exact) mass is 322 g/mol. The molecular weight excluding hydrogens is 311 g/mol. The molecule has 21 heavy (non-hydrogen) atoms. The Hall–Kier alpha value is -2.04. The Morgan fingerprint density at radius 3 is 2.38 bits per heavy atom. The SMILES string of the molecule is O=CN[C@@H](C(=O)Nc1cccc(Cl)c1)c1ccc(Cl)cc1. The van der Waals surface area contributed by atoms with E-state index in [-0.39, 0.29) is 5.91 Å². The van der Waals surface area contributed by atoms with Gasteiger partial charge >= 0.3 is 0 Å². The summed E-state index contributed by atoms with van der Waals surface area (Å²) in [6, 6.07) is 12.6. The molecule has 0 aromatic heterocycles. The van der Waals surface area contributed by atoms with Crippen molar-refractivity contribution >= 4 is 41.2 Å². The Kier molecular flexibility index (Phi) is 5.20. The Bertz CT molecular complexity index is 644. The van der Waals surface area contributed by atoms with Gasteiger partial charge in [-0.25, -0.2) is 0 Å². The van der Waals surface area contributed by atoms with E-state index in [9.17, 15) is 9.59 Å². The molecule has 0 aliphatic carbocycles. The summed E-state index contributed by atoms with van der Waals surface area (Å²) in [5.41, 5.74) is 1.19. The lowest BCUT2D eigenvalue weighted by molar-refractivity contribution is -0.121. The standard InChI is InChI=1S/C15H12Cl2N2O2/c16-11-6-4-10(5-7-11)14(18-9-20)15(21)19-13-3-1-2-12(17)8-13/h1-9,14H,(H,18,20)(H,19,21)/t14-/m1/s1. The molecule has 0 radical (unpaired) electrons. The molecule has 2 amide bonds. The predicted molar refractivity (Wildman–Crippen MR) is 83.5 cm³/mol. The van der Waals surface area contributed by atoms with Crippen LogP contribution < -0.4 is 10.6 Å². The van der Waals surface area contributed by atoms with Gasteiger partial charge in [-0.3, -0.25) is 9.59 Å². The molecule has 0 aliphatic heterocycles. The number of carbonyl (C=O) groups is 2. The fraction of sp³-hybridized carbons (Fsp3) is 0.0667. The van der Waals surface area contributed by atoms with Crippen LogP contribution in [-0.4, -0.2) is 12.3 Å². The van der Waals surface area contributed by atoms with Gasteiger partial charge in [0.15, 0.2) is 0 Å². The lowest BCUT2D eigenvalue weighted by Crippen LogP contribution is -2.32. The normalized spacial score (nSPS) is 11.5. The lowest BCUT2D eigenvalue weighted by atomic mass is 10.1. The van der Waals surface area contributed by atoms with Gasteiger partial charge in [0.25, 0.3) is 5.91 Å². The summed E-state index contributed by atoms with van der Waals surface area (Å²) in [7, 11) is 0. The van der Waals surface area contributed by atoms with Crippen LogP contribution in [0.5, 0.6) is 0 Å². The van der Waals surface area contributed by atoms with Crippen LogP contribution in [0.25, 0.3) is 0 Å². The molecule has 0 bridgehead atoms. The van der Waals surface area contributed by atoms with E-state index in [0.717, 1.165) is 0 Å². The molecule has 0 fully saturated rings. The van der Waals surface area contributed by atoms with Crippen molar-refractivity contribution < 1.29 is 9.59 Å². The number of benzene rings is 2. The molecule has 2 aromatic carbocycles. The maximum atomic E-state index is 12.3. The van der Waals surface area contributed by atoms with E-state index < -0.39 is 6.04 Å². The van der Waals surface area contributed by atoms with Crippen LogP contribution in [0, 0.1) is 0 Å². The van der Waals surface area contributed by atoms with Crippen molar-refractivity contribution in [2.75, 3.05) is 5.32 Å². The van der Waals surface area contributed by atoms with Gasteiger partial charge in [-0.1, -0.05) is 41.4 Å². The Morgan fingerprint density at radius 2 is 1.76 bits per heavy atom. The molecule has 6 heteroatoms. The maximum absolute atomic E-state index is 12.3. The summed E-state index contributed by atoms with van der Waals surface area (Å²) in [5, 5.41) is 6.25. The van der Waals surface area contributed by atoms with Gasteiger partial charge in [0.2, 0.25) is 6.41 Å². The number of nitrogens with one attached hydrogen (secondary N) is 2. The topological polar surface area (TPSA) is 58.2 Å². The first kappa shape index (κ1) is 15.4. The lowest BCUT2D eigenvalue weighted by Gasteiger charge is -2.16. The van der Waals surface area contributed by atoms with Crippen LogP contribution in [0.4, 0.5) is 5.69 Å². The van der Waals surface area contributed by atoms with Crippen molar-refractivity contribution in [1.29, 1.82) is 0 Å². The molecular formula is C15H12Cl2N2O2. The summed E-state index contributed by atoms with van der Waals surface area (Å²) in [6.45, 7) is 0. The number of rotatable bonds is 5. The van der Waals surface area contributed by atoms with Crippen molar-refractivity contribution in [3.8, 4) is 0 Å². The minimum absolute atomic E-state index is 0.369. The summed E-state index contributed by atoms with van der Waals surface area (Å²) < 4.78 is 0. The number of amides is 2. The van der Waals surface area contributed by atoms with E-state index >= 15 is 0 Å². The zero-order chi connectivity index (χ0) is 15.2. The summed E-state index contributed by atoms with van der Waals surface area (Å²) in [4.78, 5) is 23.0. The molecule has 2 aromatic rings. The number of hydrogen-bond acceptors (Lipinski definition) is 2. The van der Waals surface area contributed by atoms with Crippen molar-refractivity contribution in [2.24, 2.45) is 0 Å². The second-order valence-corrected chi connectivity index (χ2v) is 5.14. The Labute approximate surface area is 132 Å². The average molecular weight is 323 g/mol. The minimum atomic E-state index is -0.807. The first-order chi connectivity index (χ1) is 10.1. The molecule has 2 N–H and O–H groups in total. The molecule has 0 heterocycles. The highest BCUT2D eigenvalue weighted by Gasteiger charge is 2.20. The van der Waals surface area contributed by atoms with Crippen LogP contribution >= 0.6 is 23.2 Å². The highest BCUT2D eigenvalue weighted by atomic mass is 35.5. The number of hydrogen-bond donors (Lipinski definition) is 2. The van der Waals surface area contributed by atoms with Gasteiger partial charge in [0.1, 0.15) is 6.04 Å². The van der Waals surface area contributed by atoms with Crippen LogP contribution in [0.1, 0.15) is 11.6 Å². The van der Waals surface area contributed by atoms with E-state index in [1.54, 1.807) is 48.5 Å². The van der Waals surface area contributed by atoms with Crippen LogP contribution in [0.2, 0.25) is 10.0 Å². The molecule has 0 aliphatic rings.